The van der Waals surface area contributed by atoms with E-state index in [4.69, 9.17) is 4.98 Å². The van der Waals surface area contributed by atoms with E-state index in [9.17, 15) is 4.79 Å². The van der Waals surface area contributed by atoms with Crippen LogP contribution in [0.1, 0.15) is 43.9 Å². The van der Waals surface area contributed by atoms with Crippen molar-refractivity contribution in [2.75, 3.05) is 0 Å². The summed E-state index contributed by atoms with van der Waals surface area (Å²) in [5.74, 6) is 1.41. The molecule has 0 saturated heterocycles. The highest BCUT2D eigenvalue weighted by Crippen LogP contribution is 2.31. The third kappa shape index (κ3) is 2.98. The van der Waals surface area contributed by atoms with Crippen molar-refractivity contribution in [3.05, 3.63) is 76.3 Å². The van der Waals surface area contributed by atoms with Crippen molar-refractivity contribution in [2.24, 2.45) is 5.92 Å². The van der Waals surface area contributed by atoms with Crippen LogP contribution >= 0.6 is 0 Å². The highest BCUT2D eigenvalue weighted by molar-refractivity contribution is 5.77. The zero-order valence-electron chi connectivity index (χ0n) is 14.6. The lowest BCUT2D eigenvalue weighted by atomic mass is 10.0. The van der Waals surface area contributed by atoms with E-state index in [1.54, 1.807) is 0 Å². The fourth-order valence-corrected chi connectivity index (χ4v) is 3.72. The van der Waals surface area contributed by atoms with Gasteiger partial charge >= 0.3 is 0 Å². The first kappa shape index (κ1) is 16.0. The van der Waals surface area contributed by atoms with E-state index in [1.165, 1.54) is 5.56 Å². The van der Waals surface area contributed by atoms with Crippen molar-refractivity contribution in [2.45, 2.75) is 38.9 Å². The molecule has 0 fully saturated rings. The summed E-state index contributed by atoms with van der Waals surface area (Å²) in [7, 11) is 0. The number of hydrogen-bond donors (Lipinski definition) is 1. The predicted molar refractivity (Wildman–Crippen MR) is 101 cm³/mol. The first-order valence-electron chi connectivity index (χ1n) is 8.94. The van der Waals surface area contributed by atoms with Crippen LogP contribution in [0, 0.1) is 5.92 Å². The minimum Gasteiger partial charge on any atom is -0.287 e. The molecule has 4 heteroatoms. The van der Waals surface area contributed by atoms with E-state index in [0.29, 0.717) is 11.3 Å². The molecule has 25 heavy (non-hydrogen) atoms. The van der Waals surface area contributed by atoms with Crippen molar-refractivity contribution < 1.29 is 0 Å². The molecule has 1 aliphatic rings. The topological polar surface area (TPSA) is 46.9 Å². The minimum absolute atomic E-state index is 0.0502. The number of nitrogens with one attached hydrogen (secondary N) is 1. The van der Waals surface area contributed by atoms with E-state index < -0.39 is 0 Å². The summed E-state index contributed by atoms with van der Waals surface area (Å²) in [6, 6.07) is 18.1. The Hall–Kier alpha value is -2.46. The molecule has 2 atom stereocenters. The van der Waals surface area contributed by atoms with Crippen molar-refractivity contribution in [1.82, 2.24) is 14.9 Å². The Morgan fingerprint density at radius 2 is 1.80 bits per heavy atom. The standard InChI is InChI=1S/C21H23N3O/c1-14(2)12-18-20-23-17-11-7-6-10-16(17)21(25)24(20)19(22-18)13-15-8-4-3-5-9-15/h3-11,14,18-19,22H,12-13H2,1-2H3/t18-,19?/m0/s1. The highest BCUT2D eigenvalue weighted by atomic mass is 16.1. The van der Waals surface area contributed by atoms with E-state index >= 15 is 0 Å². The summed E-state index contributed by atoms with van der Waals surface area (Å²) in [4.78, 5) is 18.0. The summed E-state index contributed by atoms with van der Waals surface area (Å²) >= 11 is 0. The smallest absolute Gasteiger partial charge is 0.262 e. The first-order chi connectivity index (χ1) is 12.1. The number of hydrogen-bond acceptors (Lipinski definition) is 3. The molecule has 0 radical (unpaired) electrons. The van der Waals surface area contributed by atoms with E-state index in [2.05, 4.69) is 31.3 Å². The Morgan fingerprint density at radius 1 is 1.08 bits per heavy atom. The average molecular weight is 333 g/mol. The lowest BCUT2D eigenvalue weighted by Gasteiger charge is -2.15. The molecule has 0 spiro atoms. The van der Waals surface area contributed by atoms with Gasteiger partial charge in [-0.05, 0) is 30.0 Å². The number of benzene rings is 2. The van der Waals surface area contributed by atoms with Gasteiger partial charge in [0.05, 0.1) is 23.1 Å². The van der Waals surface area contributed by atoms with E-state index in [0.717, 1.165) is 24.2 Å². The zero-order valence-corrected chi connectivity index (χ0v) is 14.6. The lowest BCUT2D eigenvalue weighted by molar-refractivity contribution is 0.386. The second-order valence-electron chi connectivity index (χ2n) is 7.22. The summed E-state index contributed by atoms with van der Waals surface area (Å²) < 4.78 is 1.88. The van der Waals surface area contributed by atoms with Crippen molar-refractivity contribution in [1.29, 1.82) is 0 Å². The van der Waals surface area contributed by atoms with E-state index in [-0.39, 0.29) is 17.8 Å². The Balaban J connectivity index is 1.82. The maximum absolute atomic E-state index is 13.1. The highest BCUT2D eigenvalue weighted by Gasteiger charge is 2.33. The molecule has 2 aromatic carbocycles. The Kier molecular flexibility index (Phi) is 4.14. The predicted octanol–water partition coefficient (Wildman–Crippen LogP) is 3.83. The maximum atomic E-state index is 13.1. The third-order valence-electron chi connectivity index (χ3n) is 4.83. The average Bonchev–Trinajstić information content (AvgIpc) is 2.93. The largest absolute Gasteiger partial charge is 0.287 e. The van der Waals surface area contributed by atoms with Gasteiger partial charge < -0.3 is 0 Å². The molecule has 3 aromatic rings. The first-order valence-corrected chi connectivity index (χ1v) is 8.94. The Morgan fingerprint density at radius 3 is 2.56 bits per heavy atom. The molecule has 1 unspecified atom stereocenters. The number of aromatic nitrogens is 2. The maximum Gasteiger partial charge on any atom is 0.262 e. The summed E-state index contributed by atoms with van der Waals surface area (Å²) in [5.41, 5.74) is 2.06. The van der Waals surface area contributed by atoms with Crippen LogP contribution in [-0.2, 0) is 6.42 Å². The molecular formula is C21H23N3O. The molecule has 128 valence electrons. The van der Waals surface area contributed by atoms with Gasteiger partial charge in [-0.3, -0.25) is 14.7 Å². The van der Waals surface area contributed by atoms with Crippen LogP contribution in [0.15, 0.2) is 59.4 Å². The van der Waals surface area contributed by atoms with Crippen molar-refractivity contribution in [3.63, 3.8) is 0 Å². The summed E-state index contributed by atoms with van der Waals surface area (Å²) in [5, 5.41) is 4.34. The van der Waals surface area contributed by atoms with Crippen molar-refractivity contribution >= 4 is 10.9 Å². The summed E-state index contributed by atoms with van der Waals surface area (Å²) in [6.45, 7) is 4.41. The van der Waals surface area contributed by atoms with E-state index in [1.807, 2.05) is 47.0 Å². The van der Waals surface area contributed by atoms with Gasteiger partial charge in [0.25, 0.3) is 5.56 Å². The van der Waals surface area contributed by atoms with Gasteiger partial charge in [-0.15, -0.1) is 0 Å². The molecule has 1 aliphatic heterocycles. The monoisotopic (exact) mass is 333 g/mol. The second-order valence-corrected chi connectivity index (χ2v) is 7.22. The molecule has 1 N–H and O–H groups in total. The Labute approximate surface area is 147 Å². The molecule has 0 aliphatic carbocycles. The van der Waals surface area contributed by atoms with Gasteiger partial charge in [0, 0.05) is 6.42 Å². The fraction of sp³-hybridized carbons (Fsp3) is 0.333. The van der Waals surface area contributed by atoms with Gasteiger partial charge in [-0.2, -0.15) is 0 Å². The molecule has 0 amide bonds. The molecule has 4 nitrogen and oxygen atoms in total. The molecule has 1 aromatic heterocycles. The zero-order chi connectivity index (χ0) is 17.4. The van der Waals surface area contributed by atoms with Gasteiger partial charge in [0.2, 0.25) is 0 Å². The molecule has 0 saturated carbocycles. The SMILES string of the molecule is CC(C)C[C@@H]1NC(Cc2ccccc2)n2c1nc1ccccc1c2=O. The van der Waals surface area contributed by atoms with Gasteiger partial charge in [0.1, 0.15) is 5.82 Å². The van der Waals surface area contributed by atoms with Crippen LogP contribution in [0.4, 0.5) is 0 Å². The molecular weight excluding hydrogens is 310 g/mol. The number of nitrogens with zero attached hydrogens (tertiary/aromatic N) is 2. The van der Waals surface area contributed by atoms with Gasteiger partial charge in [-0.25, -0.2) is 4.98 Å². The van der Waals surface area contributed by atoms with Crippen molar-refractivity contribution in [3.8, 4) is 0 Å². The van der Waals surface area contributed by atoms with Crippen LogP contribution in [0.2, 0.25) is 0 Å². The van der Waals surface area contributed by atoms with Crippen LogP contribution in [0.25, 0.3) is 10.9 Å². The fourth-order valence-electron chi connectivity index (χ4n) is 3.72. The second kappa shape index (κ2) is 6.45. The minimum atomic E-state index is -0.0502. The van der Waals surface area contributed by atoms with Crippen LogP contribution in [-0.4, -0.2) is 9.55 Å². The van der Waals surface area contributed by atoms with Gasteiger partial charge in [-0.1, -0.05) is 56.3 Å². The molecule has 2 heterocycles. The normalized spacial score (nSPS) is 19.5. The number of para-hydroxylation sites is 1. The number of fused-ring (bicyclic) bond motifs is 2. The molecule has 0 bridgehead atoms. The van der Waals surface area contributed by atoms with Crippen LogP contribution in [0.5, 0.6) is 0 Å². The lowest BCUT2D eigenvalue weighted by Crippen LogP contribution is -2.29. The Bertz CT molecular complexity index is 946. The summed E-state index contributed by atoms with van der Waals surface area (Å²) in [6.07, 6.45) is 1.70. The van der Waals surface area contributed by atoms with Crippen LogP contribution < -0.4 is 10.9 Å². The quantitative estimate of drug-likeness (QED) is 0.789. The third-order valence-corrected chi connectivity index (χ3v) is 4.83. The van der Waals surface area contributed by atoms with Gasteiger partial charge in [0.15, 0.2) is 0 Å². The molecule has 4 rings (SSSR count). The van der Waals surface area contributed by atoms with Crippen LogP contribution in [0.3, 0.4) is 0 Å². The number of rotatable bonds is 4.